The van der Waals surface area contributed by atoms with Crippen LogP contribution >= 0.6 is 0 Å². The zero-order valence-electron chi connectivity index (χ0n) is 11.9. The molecule has 0 bridgehead atoms. The molecule has 0 amide bonds. The minimum Gasteiger partial charge on any atom is -0.489 e. The van der Waals surface area contributed by atoms with E-state index in [9.17, 15) is 0 Å². The molecular formula is C18H23NO. The minimum absolute atomic E-state index is 0.119. The van der Waals surface area contributed by atoms with Gasteiger partial charge in [0.15, 0.2) is 0 Å². The van der Waals surface area contributed by atoms with Crippen LogP contribution in [0.25, 0.3) is 0 Å². The molecule has 1 atom stereocenters. The first kappa shape index (κ1) is 14.6. The zero-order chi connectivity index (χ0) is 14.0. The van der Waals surface area contributed by atoms with E-state index in [2.05, 4.69) is 30.3 Å². The molecule has 1 unspecified atom stereocenters. The summed E-state index contributed by atoms with van der Waals surface area (Å²) in [6, 6.07) is 20.5. The van der Waals surface area contributed by atoms with Gasteiger partial charge in [0.25, 0.3) is 0 Å². The van der Waals surface area contributed by atoms with Crippen molar-refractivity contribution in [2.24, 2.45) is 5.73 Å². The van der Waals surface area contributed by atoms with Gasteiger partial charge < -0.3 is 10.5 Å². The van der Waals surface area contributed by atoms with Crippen LogP contribution in [-0.4, -0.2) is 12.6 Å². The van der Waals surface area contributed by atoms with Crippen molar-refractivity contribution in [3.8, 4) is 5.75 Å². The molecule has 106 valence electrons. The van der Waals surface area contributed by atoms with Gasteiger partial charge >= 0.3 is 0 Å². The lowest BCUT2D eigenvalue weighted by molar-refractivity contribution is 0.195. The Hall–Kier alpha value is -1.80. The molecule has 0 saturated carbocycles. The van der Waals surface area contributed by atoms with Gasteiger partial charge in [0.2, 0.25) is 0 Å². The van der Waals surface area contributed by atoms with Gasteiger partial charge in [-0.25, -0.2) is 0 Å². The predicted octanol–water partition coefficient (Wildman–Crippen LogP) is 3.81. The van der Waals surface area contributed by atoms with E-state index in [0.717, 1.165) is 25.0 Å². The van der Waals surface area contributed by atoms with Gasteiger partial charge in [0.1, 0.15) is 11.9 Å². The summed E-state index contributed by atoms with van der Waals surface area (Å²) >= 11 is 0. The van der Waals surface area contributed by atoms with Crippen molar-refractivity contribution in [2.75, 3.05) is 6.54 Å². The Labute approximate surface area is 121 Å². The summed E-state index contributed by atoms with van der Waals surface area (Å²) in [7, 11) is 0. The number of benzene rings is 2. The van der Waals surface area contributed by atoms with Crippen LogP contribution in [0.15, 0.2) is 60.7 Å². The van der Waals surface area contributed by atoms with Crippen LogP contribution < -0.4 is 10.5 Å². The maximum absolute atomic E-state index is 5.89. The normalized spacial score (nSPS) is 12.1. The first-order valence-corrected chi connectivity index (χ1v) is 7.34. The largest absolute Gasteiger partial charge is 0.489 e. The summed E-state index contributed by atoms with van der Waals surface area (Å²) in [6.07, 6.45) is 4.58. The number of aryl methyl sites for hydroxylation is 1. The van der Waals surface area contributed by atoms with Crippen molar-refractivity contribution in [1.29, 1.82) is 0 Å². The minimum atomic E-state index is 0.119. The highest BCUT2D eigenvalue weighted by molar-refractivity contribution is 5.21. The maximum atomic E-state index is 5.89. The molecule has 0 heterocycles. The van der Waals surface area contributed by atoms with Gasteiger partial charge in [0.05, 0.1) is 0 Å². The Balaban J connectivity index is 1.69. The smallest absolute Gasteiger partial charge is 0.119 e. The number of nitrogens with two attached hydrogens (primary N) is 1. The van der Waals surface area contributed by atoms with E-state index in [1.54, 1.807) is 0 Å². The lowest BCUT2D eigenvalue weighted by Crippen LogP contribution is -2.26. The Kier molecular flexibility index (Phi) is 6.12. The molecule has 2 heteroatoms. The first-order valence-electron chi connectivity index (χ1n) is 7.34. The predicted molar refractivity (Wildman–Crippen MR) is 83.9 cm³/mol. The molecule has 0 aliphatic heterocycles. The van der Waals surface area contributed by atoms with Crippen molar-refractivity contribution in [3.05, 3.63) is 66.2 Å². The molecule has 0 aliphatic rings. The molecule has 2 aromatic carbocycles. The fourth-order valence-corrected chi connectivity index (χ4v) is 2.26. The van der Waals surface area contributed by atoms with Crippen LogP contribution in [0.3, 0.4) is 0 Å². The average Bonchev–Trinajstić information content (AvgIpc) is 2.52. The molecule has 0 radical (unpaired) electrons. The van der Waals surface area contributed by atoms with E-state index < -0.39 is 0 Å². The SMILES string of the molecule is NCC(CCCCc1ccccc1)Oc1ccccc1. The number of rotatable bonds is 8. The fraction of sp³-hybridized carbons (Fsp3) is 0.333. The van der Waals surface area contributed by atoms with Crippen LogP contribution in [0.4, 0.5) is 0 Å². The highest BCUT2D eigenvalue weighted by Crippen LogP contribution is 2.14. The third-order valence-corrected chi connectivity index (χ3v) is 3.39. The second-order valence-corrected chi connectivity index (χ2v) is 5.02. The number of ether oxygens (including phenoxy) is 1. The van der Waals surface area contributed by atoms with Crippen LogP contribution in [-0.2, 0) is 6.42 Å². The second-order valence-electron chi connectivity index (χ2n) is 5.02. The van der Waals surface area contributed by atoms with Crippen molar-refractivity contribution in [2.45, 2.75) is 31.8 Å². The Morgan fingerprint density at radius 3 is 2.15 bits per heavy atom. The molecule has 2 aromatic rings. The second kappa shape index (κ2) is 8.39. The highest BCUT2D eigenvalue weighted by atomic mass is 16.5. The van der Waals surface area contributed by atoms with E-state index in [1.807, 2.05) is 30.3 Å². The molecular weight excluding hydrogens is 246 g/mol. The van der Waals surface area contributed by atoms with Crippen LogP contribution in [0.5, 0.6) is 5.75 Å². The molecule has 2 nitrogen and oxygen atoms in total. The molecule has 2 rings (SSSR count). The topological polar surface area (TPSA) is 35.2 Å². The summed E-state index contributed by atoms with van der Waals surface area (Å²) in [6.45, 7) is 0.570. The summed E-state index contributed by atoms with van der Waals surface area (Å²) in [5.41, 5.74) is 7.19. The fourth-order valence-electron chi connectivity index (χ4n) is 2.26. The highest BCUT2D eigenvalue weighted by Gasteiger charge is 2.07. The molecule has 0 aromatic heterocycles. The molecule has 0 fully saturated rings. The van der Waals surface area contributed by atoms with E-state index in [0.29, 0.717) is 6.54 Å². The van der Waals surface area contributed by atoms with Gasteiger partial charge in [-0.1, -0.05) is 48.5 Å². The lowest BCUT2D eigenvalue weighted by Gasteiger charge is -2.17. The van der Waals surface area contributed by atoms with Gasteiger partial charge in [-0.15, -0.1) is 0 Å². The molecule has 2 N–H and O–H groups in total. The third kappa shape index (κ3) is 5.06. The third-order valence-electron chi connectivity index (χ3n) is 3.39. The summed E-state index contributed by atoms with van der Waals surface area (Å²) in [5.74, 6) is 0.908. The Morgan fingerprint density at radius 2 is 1.50 bits per heavy atom. The van der Waals surface area contributed by atoms with E-state index in [1.165, 1.54) is 12.0 Å². The number of para-hydroxylation sites is 1. The van der Waals surface area contributed by atoms with Crippen LogP contribution in [0, 0.1) is 0 Å². The molecule has 0 spiro atoms. The van der Waals surface area contributed by atoms with E-state index >= 15 is 0 Å². The summed E-state index contributed by atoms with van der Waals surface area (Å²) < 4.78 is 5.89. The Morgan fingerprint density at radius 1 is 0.850 bits per heavy atom. The zero-order valence-corrected chi connectivity index (χ0v) is 11.9. The van der Waals surface area contributed by atoms with Gasteiger partial charge in [0, 0.05) is 6.54 Å². The summed E-state index contributed by atoms with van der Waals surface area (Å²) in [4.78, 5) is 0. The summed E-state index contributed by atoms with van der Waals surface area (Å²) in [5, 5.41) is 0. The molecule has 20 heavy (non-hydrogen) atoms. The van der Waals surface area contributed by atoms with Gasteiger partial charge in [-0.3, -0.25) is 0 Å². The van der Waals surface area contributed by atoms with Crippen molar-refractivity contribution < 1.29 is 4.74 Å². The monoisotopic (exact) mass is 269 g/mol. The lowest BCUT2D eigenvalue weighted by atomic mass is 10.1. The standard InChI is InChI=1S/C18H23NO/c19-15-18(20-17-12-5-2-6-13-17)14-8-7-11-16-9-3-1-4-10-16/h1-6,9-10,12-13,18H,7-8,11,14-15,19H2. The van der Waals surface area contributed by atoms with Crippen LogP contribution in [0.2, 0.25) is 0 Å². The quantitative estimate of drug-likeness (QED) is 0.740. The average molecular weight is 269 g/mol. The maximum Gasteiger partial charge on any atom is 0.119 e. The number of unbranched alkanes of at least 4 members (excludes halogenated alkanes) is 1. The van der Waals surface area contributed by atoms with Gasteiger partial charge in [-0.05, 0) is 43.4 Å². The number of hydrogen-bond donors (Lipinski definition) is 1. The van der Waals surface area contributed by atoms with Gasteiger partial charge in [-0.2, -0.15) is 0 Å². The van der Waals surface area contributed by atoms with E-state index in [4.69, 9.17) is 10.5 Å². The van der Waals surface area contributed by atoms with E-state index in [-0.39, 0.29) is 6.10 Å². The Bertz CT molecular complexity index is 469. The molecule has 0 aliphatic carbocycles. The van der Waals surface area contributed by atoms with Crippen LogP contribution in [0.1, 0.15) is 24.8 Å². The van der Waals surface area contributed by atoms with Crippen molar-refractivity contribution in [1.82, 2.24) is 0 Å². The number of hydrogen-bond acceptors (Lipinski definition) is 2. The van der Waals surface area contributed by atoms with Crippen molar-refractivity contribution >= 4 is 0 Å². The van der Waals surface area contributed by atoms with Crippen molar-refractivity contribution in [3.63, 3.8) is 0 Å². The molecule has 0 saturated heterocycles. The first-order chi connectivity index (χ1) is 9.88.